The van der Waals surface area contributed by atoms with Gasteiger partial charge in [-0.05, 0) is 43.4 Å². The van der Waals surface area contributed by atoms with Gasteiger partial charge in [-0.2, -0.15) is 16.8 Å². The standard InChI is InChI=1S/C30H36N6O3S2/c1-19(2)32-27(34-29(31)35-30(37)39-18-20-7-5-4-6-8-20)28-33-26-23-10-9-21(22-16-36(17-22)12-14-40-3)15-24(23)38-13-11-25(26)41-28/h4-10,15,19,22H,11-14,16-18H2,1-3H3,(H3,31,32,34,35,37). The van der Waals surface area contributed by atoms with Gasteiger partial charge in [0.25, 0.3) is 0 Å². The summed E-state index contributed by atoms with van der Waals surface area (Å²) in [6.07, 6.45) is 2.20. The zero-order chi connectivity index (χ0) is 28.8. The van der Waals surface area contributed by atoms with Crippen LogP contribution >= 0.6 is 23.1 Å². The molecule has 11 heteroatoms. The average Bonchev–Trinajstić information content (AvgIpc) is 3.27. The maximum Gasteiger partial charge on any atom is 0.414 e. The molecule has 1 fully saturated rings. The number of rotatable bonds is 8. The largest absolute Gasteiger partial charge is 0.492 e. The molecule has 0 aliphatic carbocycles. The summed E-state index contributed by atoms with van der Waals surface area (Å²) in [5, 5.41) is 3.14. The zero-order valence-electron chi connectivity index (χ0n) is 23.6. The number of fused-ring (bicyclic) bond motifs is 3. The molecule has 3 N–H and O–H groups in total. The summed E-state index contributed by atoms with van der Waals surface area (Å²) >= 11 is 3.42. The molecule has 3 heterocycles. The number of hydrogen-bond acceptors (Lipinski definition) is 8. The lowest BCUT2D eigenvalue weighted by molar-refractivity contribution is 0.145. The van der Waals surface area contributed by atoms with E-state index in [1.165, 1.54) is 22.7 Å². The molecule has 2 aliphatic heterocycles. The van der Waals surface area contributed by atoms with Crippen molar-refractivity contribution < 1.29 is 14.3 Å². The molecule has 41 heavy (non-hydrogen) atoms. The van der Waals surface area contributed by atoms with Crippen LogP contribution in [0.1, 0.15) is 40.8 Å². The van der Waals surface area contributed by atoms with E-state index in [0.29, 0.717) is 23.4 Å². The predicted octanol–water partition coefficient (Wildman–Crippen LogP) is 4.90. The van der Waals surface area contributed by atoms with Crippen LogP contribution in [0.25, 0.3) is 11.3 Å². The van der Waals surface area contributed by atoms with E-state index >= 15 is 0 Å². The maximum absolute atomic E-state index is 12.3. The molecule has 1 aromatic heterocycles. The number of alkyl carbamates (subject to hydrolysis) is 1. The van der Waals surface area contributed by atoms with Crippen LogP contribution in [0.4, 0.5) is 4.79 Å². The Labute approximate surface area is 249 Å². The molecule has 2 aliphatic rings. The Morgan fingerprint density at radius 2 is 2.07 bits per heavy atom. The van der Waals surface area contributed by atoms with Gasteiger partial charge in [0.2, 0.25) is 5.96 Å². The number of guanidine groups is 1. The Bertz CT molecular complexity index is 1420. The van der Waals surface area contributed by atoms with E-state index < -0.39 is 6.09 Å². The third-order valence-electron chi connectivity index (χ3n) is 6.83. The summed E-state index contributed by atoms with van der Waals surface area (Å²) in [6.45, 7) is 7.94. The second kappa shape index (κ2) is 13.5. The first-order valence-corrected chi connectivity index (χ1v) is 16.0. The summed E-state index contributed by atoms with van der Waals surface area (Å²) < 4.78 is 11.4. The highest BCUT2D eigenvalue weighted by molar-refractivity contribution is 7.98. The Morgan fingerprint density at radius 3 is 2.83 bits per heavy atom. The van der Waals surface area contributed by atoms with Crippen LogP contribution in [0.15, 0.2) is 58.5 Å². The van der Waals surface area contributed by atoms with E-state index in [2.05, 4.69) is 44.7 Å². The van der Waals surface area contributed by atoms with Crippen molar-refractivity contribution in [2.24, 2.45) is 15.7 Å². The minimum absolute atomic E-state index is 0.0496. The van der Waals surface area contributed by atoms with E-state index in [1.54, 1.807) is 0 Å². The third-order valence-corrected chi connectivity index (χ3v) is 8.53. The zero-order valence-corrected chi connectivity index (χ0v) is 25.3. The summed E-state index contributed by atoms with van der Waals surface area (Å²) in [7, 11) is 0. The lowest BCUT2D eigenvalue weighted by Crippen LogP contribution is -2.45. The first kappa shape index (κ1) is 29.1. The fourth-order valence-corrected chi connectivity index (χ4v) is 6.19. The van der Waals surface area contributed by atoms with E-state index in [1.807, 2.05) is 55.9 Å². The highest BCUT2D eigenvalue weighted by Crippen LogP contribution is 2.40. The number of amides is 1. The van der Waals surface area contributed by atoms with Crippen LogP contribution in [0.5, 0.6) is 5.75 Å². The SMILES string of the molecule is CSCCN1CC(c2ccc3c(c2)OCCc2sc(C(N=C(N)NC(=O)OCc4ccccc4)=NC(C)C)nc2-3)C1. The predicted molar refractivity (Wildman–Crippen MR) is 167 cm³/mol. The van der Waals surface area contributed by atoms with Crippen molar-refractivity contribution in [3.8, 4) is 17.0 Å². The number of nitrogens with one attached hydrogen (secondary N) is 1. The van der Waals surface area contributed by atoms with Gasteiger partial charge in [0.15, 0.2) is 10.8 Å². The van der Waals surface area contributed by atoms with Gasteiger partial charge in [-0.25, -0.2) is 9.78 Å². The van der Waals surface area contributed by atoms with Gasteiger partial charge in [0.1, 0.15) is 12.4 Å². The number of thioether (sulfide) groups is 1. The molecule has 216 valence electrons. The molecule has 0 atom stereocenters. The molecular formula is C30H36N6O3S2. The first-order valence-electron chi connectivity index (χ1n) is 13.8. The Balaban J connectivity index is 1.31. The second-order valence-corrected chi connectivity index (χ2v) is 12.4. The number of carbonyl (C=O) groups excluding carboxylic acids is 1. The van der Waals surface area contributed by atoms with E-state index in [4.69, 9.17) is 20.2 Å². The monoisotopic (exact) mass is 592 g/mol. The smallest absolute Gasteiger partial charge is 0.414 e. The number of amidine groups is 1. The molecule has 5 rings (SSSR count). The fraction of sp³-hybridized carbons (Fsp3) is 0.400. The van der Waals surface area contributed by atoms with Crippen LogP contribution in [-0.4, -0.2) is 72.1 Å². The number of benzene rings is 2. The normalized spacial score (nSPS) is 15.9. The lowest BCUT2D eigenvalue weighted by atomic mass is 9.90. The lowest BCUT2D eigenvalue weighted by Gasteiger charge is -2.39. The third kappa shape index (κ3) is 7.46. The number of ether oxygens (including phenoxy) is 2. The number of aliphatic imine (C=N–C) groups is 2. The van der Waals surface area contributed by atoms with E-state index in [-0.39, 0.29) is 18.6 Å². The van der Waals surface area contributed by atoms with Crippen LogP contribution in [-0.2, 0) is 17.8 Å². The summed E-state index contributed by atoms with van der Waals surface area (Å²) in [4.78, 5) is 30.0. The number of nitrogens with two attached hydrogens (primary N) is 1. The maximum atomic E-state index is 12.3. The van der Waals surface area contributed by atoms with Crippen LogP contribution in [0, 0.1) is 0 Å². The van der Waals surface area contributed by atoms with Gasteiger partial charge in [0, 0.05) is 54.2 Å². The second-order valence-electron chi connectivity index (χ2n) is 10.3. The minimum atomic E-state index is -0.686. The van der Waals surface area contributed by atoms with Gasteiger partial charge < -0.3 is 20.1 Å². The molecule has 3 aromatic rings. The molecule has 0 bridgehead atoms. The van der Waals surface area contributed by atoms with Crippen molar-refractivity contribution in [1.82, 2.24) is 15.2 Å². The van der Waals surface area contributed by atoms with Crippen molar-refractivity contribution in [1.29, 1.82) is 0 Å². The number of carbonyl (C=O) groups is 1. The quantitative estimate of drug-likeness (QED) is 0.282. The van der Waals surface area contributed by atoms with Crippen LogP contribution in [0.3, 0.4) is 0 Å². The molecule has 0 spiro atoms. The van der Waals surface area contributed by atoms with Gasteiger partial charge >= 0.3 is 6.09 Å². The van der Waals surface area contributed by atoms with Gasteiger partial charge in [-0.3, -0.25) is 10.3 Å². The van der Waals surface area contributed by atoms with Crippen molar-refractivity contribution >= 4 is 41.0 Å². The van der Waals surface area contributed by atoms with E-state index in [0.717, 1.165) is 53.5 Å². The molecule has 0 unspecified atom stereocenters. The van der Waals surface area contributed by atoms with Gasteiger partial charge in [0.05, 0.1) is 12.3 Å². The Morgan fingerprint density at radius 1 is 1.27 bits per heavy atom. The molecule has 0 saturated carbocycles. The van der Waals surface area contributed by atoms with Crippen molar-refractivity contribution in [2.75, 3.05) is 38.2 Å². The Hall–Kier alpha value is -3.41. The molecule has 1 amide bonds. The number of nitrogens with zero attached hydrogens (tertiary/aromatic N) is 4. The number of thiazole rings is 1. The van der Waals surface area contributed by atoms with Crippen molar-refractivity contribution in [3.05, 3.63) is 69.5 Å². The topological polar surface area (TPSA) is 114 Å². The van der Waals surface area contributed by atoms with Gasteiger partial charge in [-0.1, -0.05) is 36.4 Å². The van der Waals surface area contributed by atoms with Crippen molar-refractivity contribution in [2.45, 2.75) is 38.8 Å². The minimum Gasteiger partial charge on any atom is -0.492 e. The average molecular weight is 593 g/mol. The number of likely N-dealkylation sites (tertiary alicyclic amines) is 1. The highest BCUT2D eigenvalue weighted by atomic mass is 32.2. The summed E-state index contributed by atoms with van der Waals surface area (Å²) in [5.74, 6) is 2.84. The van der Waals surface area contributed by atoms with Gasteiger partial charge in [-0.15, -0.1) is 11.3 Å². The summed E-state index contributed by atoms with van der Waals surface area (Å²) in [5.41, 5.74) is 10.1. The summed E-state index contributed by atoms with van der Waals surface area (Å²) in [6, 6.07) is 15.9. The van der Waals surface area contributed by atoms with Crippen molar-refractivity contribution in [3.63, 3.8) is 0 Å². The molecule has 1 saturated heterocycles. The number of hydrogen-bond donors (Lipinski definition) is 2. The number of aromatic nitrogens is 1. The molecule has 0 radical (unpaired) electrons. The first-order chi connectivity index (χ1) is 19.9. The van der Waals surface area contributed by atoms with Crippen LogP contribution in [0.2, 0.25) is 0 Å². The molecule has 2 aromatic carbocycles. The highest BCUT2D eigenvalue weighted by Gasteiger charge is 2.29. The van der Waals surface area contributed by atoms with Crippen LogP contribution < -0.4 is 15.8 Å². The molecular weight excluding hydrogens is 557 g/mol. The Kier molecular flexibility index (Phi) is 9.58. The fourth-order valence-electron chi connectivity index (χ4n) is 4.75. The van der Waals surface area contributed by atoms with E-state index in [9.17, 15) is 4.79 Å². The molecule has 9 nitrogen and oxygen atoms in total.